The van der Waals surface area contributed by atoms with E-state index in [2.05, 4.69) is 5.32 Å². The fraction of sp³-hybridized carbons (Fsp3) is 0.706. The number of amides is 5. The summed E-state index contributed by atoms with van der Waals surface area (Å²) in [5.41, 5.74) is -0.474. The third-order valence-electron chi connectivity index (χ3n) is 14.3. The highest BCUT2D eigenvalue weighted by molar-refractivity contribution is 6.12. The van der Waals surface area contributed by atoms with E-state index < -0.39 is 41.7 Å². The molecule has 14 nitrogen and oxygen atoms in total. The largest absolute Gasteiger partial charge is 0.388 e. The van der Waals surface area contributed by atoms with E-state index in [0.717, 1.165) is 44.1 Å². The maximum absolute atomic E-state index is 14.7. The average molecular weight is 907 g/mol. The van der Waals surface area contributed by atoms with Crippen LogP contribution in [0.4, 0.5) is 0 Å². The predicted octanol–water partition coefficient (Wildman–Crippen LogP) is 6.38. The van der Waals surface area contributed by atoms with E-state index in [1.807, 2.05) is 62.9 Å². The molecule has 362 valence electrons. The molecular formula is C51H78N4O10. The molecule has 0 unspecified atom stereocenters. The van der Waals surface area contributed by atoms with Gasteiger partial charge in [-0.05, 0) is 75.7 Å². The molecule has 1 aliphatic carbocycles. The van der Waals surface area contributed by atoms with Gasteiger partial charge in [0.1, 0.15) is 5.78 Å². The fourth-order valence-electron chi connectivity index (χ4n) is 10.2. The van der Waals surface area contributed by atoms with Crippen molar-refractivity contribution in [2.24, 2.45) is 29.6 Å². The Kier molecular flexibility index (Phi) is 20.5. The summed E-state index contributed by atoms with van der Waals surface area (Å²) in [6.07, 6.45) is 8.81. The molecule has 14 heteroatoms. The molecule has 0 aromatic heterocycles. The summed E-state index contributed by atoms with van der Waals surface area (Å²) in [6, 6.07) is 8.54. The Morgan fingerprint density at radius 1 is 0.846 bits per heavy atom. The summed E-state index contributed by atoms with van der Waals surface area (Å²) in [4.78, 5) is 98.2. The molecule has 4 rings (SSSR count). The minimum absolute atomic E-state index is 0.0287. The number of carbonyl (C=O) groups is 7. The van der Waals surface area contributed by atoms with Gasteiger partial charge in [0.2, 0.25) is 17.7 Å². The maximum Gasteiger partial charge on any atom is 0.253 e. The standard InChI is InChI=1S/C51H78N4O10/c1-33(2)38(31-42(57)51(5,6)52-43(58)25-17-12-18-28-55-44(59)26-27-45(55)60)50(63)53(7)47(36-20-13-10-14-21-36)41(64-8)32-46(61)54-29-19-24-39(54)49(65-9)35(4)40(56)30-34(3)48(62)37-22-15-11-16-23-37/h11,15-16,22-23,26-27,33-36,38-39,41,47-49,62H,10,12-14,17-21,24-25,28-32H2,1-9H3,(H,52,58)/t34-,35-,38-,39-,41+,47-,48+,49+/m0/s1. The number of ether oxygens (including phenoxy) is 2. The average Bonchev–Trinajstić information content (AvgIpc) is 3.90. The quantitative estimate of drug-likeness (QED) is 0.0783. The maximum atomic E-state index is 14.7. The lowest BCUT2D eigenvalue weighted by Gasteiger charge is -2.43. The minimum atomic E-state index is -1.23. The van der Waals surface area contributed by atoms with Crippen LogP contribution in [0.5, 0.6) is 0 Å². The Bertz CT molecular complexity index is 1790. The molecule has 0 radical (unpaired) electrons. The number of hydrogen-bond acceptors (Lipinski definition) is 10. The lowest BCUT2D eigenvalue weighted by Crippen LogP contribution is -2.55. The molecule has 0 bridgehead atoms. The number of aliphatic hydroxyl groups excluding tert-OH is 1. The van der Waals surface area contributed by atoms with Gasteiger partial charge in [-0.15, -0.1) is 0 Å². The van der Waals surface area contributed by atoms with Gasteiger partial charge in [-0.25, -0.2) is 0 Å². The Balaban J connectivity index is 1.41. The van der Waals surface area contributed by atoms with Crippen LogP contribution >= 0.6 is 0 Å². The van der Waals surface area contributed by atoms with Crippen molar-refractivity contribution in [2.75, 3.05) is 34.4 Å². The van der Waals surface area contributed by atoms with Gasteiger partial charge in [-0.2, -0.15) is 0 Å². The van der Waals surface area contributed by atoms with Gasteiger partial charge in [0.15, 0.2) is 5.78 Å². The number of Topliss-reactive ketones (excluding diaryl/α,β-unsaturated/α-hetero) is 2. The molecule has 2 aliphatic heterocycles. The molecule has 3 aliphatic rings. The summed E-state index contributed by atoms with van der Waals surface area (Å²) in [6.45, 7) is 11.6. The number of likely N-dealkylation sites (tertiary alicyclic amines) is 1. The number of aliphatic hydroxyl groups is 1. The number of hydrogen-bond donors (Lipinski definition) is 2. The number of methoxy groups -OCH3 is 2. The van der Waals surface area contributed by atoms with E-state index in [0.29, 0.717) is 32.2 Å². The van der Waals surface area contributed by atoms with Crippen molar-refractivity contribution in [2.45, 2.75) is 167 Å². The van der Waals surface area contributed by atoms with Crippen LogP contribution in [0, 0.1) is 29.6 Å². The van der Waals surface area contributed by atoms with Crippen LogP contribution in [0.1, 0.15) is 143 Å². The smallest absolute Gasteiger partial charge is 0.253 e. The van der Waals surface area contributed by atoms with Gasteiger partial charge in [-0.3, -0.25) is 38.5 Å². The molecule has 2 N–H and O–H groups in total. The highest BCUT2D eigenvalue weighted by Gasteiger charge is 2.44. The first-order valence-electron chi connectivity index (χ1n) is 24.1. The Labute approximate surface area is 387 Å². The molecule has 1 aromatic rings. The number of nitrogens with one attached hydrogen (secondary N) is 1. The monoisotopic (exact) mass is 907 g/mol. The molecule has 1 saturated heterocycles. The van der Waals surface area contributed by atoms with Crippen molar-refractivity contribution in [3.8, 4) is 0 Å². The molecule has 1 aromatic carbocycles. The van der Waals surface area contributed by atoms with Gasteiger partial charge < -0.3 is 29.7 Å². The van der Waals surface area contributed by atoms with E-state index in [9.17, 15) is 38.7 Å². The van der Waals surface area contributed by atoms with E-state index in [1.54, 1.807) is 40.0 Å². The molecule has 5 amide bonds. The Hall–Kier alpha value is -4.27. The van der Waals surface area contributed by atoms with E-state index in [4.69, 9.17) is 9.47 Å². The first-order chi connectivity index (χ1) is 30.8. The summed E-state index contributed by atoms with van der Waals surface area (Å²) in [5, 5.41) is 13.8. The summed E-state index contributed by atoms with van der Waals surface area (Å²) >= 11 is 0. The molecule has 2 fully saturated rings. The van der Waals surface area contributed by atoms with Gasteiger partial charge >= 0.3 is 0 Å². The number of unbranched alkanes of at least 4 members (excludes halogenated alkanes) is 2. The second kappa shape index (κ2) is 25.0. The van der Waals surface area contributed by atoms with E-state index >= 15 is 0 Å². The molecule has 2 heterocycles. The molecule has 1 saturated carbocycles. The van der Waals surface area contributed by atoms with Gasteiger partial charge in [0.25, 0.3) is 11.8 Å². The van der Waals surface area contributed by atoms with Crippen LogP contribution in [0.3, 0.4) is 0 Å². The summed E-state index contributed by atoms with van der Waals surface area (Å²) in [5.74, 6) is -3.23. The van der Waals surface area contributed by atoms with Crippen molar-refractivity contribution in [1.82, 2.24) is 20.0 Å². The van der Waals surface area contributed by atoms with Crippen molar-refractivity contribution in [3.05, 3.63) is 48.0 Å². The number of imide groups is 1. The number of rotatable bonds is 26. The lowest BCUT2D eigenvalue weighted by atomic mass is 9.79. The number of benzene rings is 1. The highest BCUT2D eigenvalue weighted by Crippen LogP contribution is 2.36. The van der Waals surface area contributed by atoms with Crippen molar-refractivity contribution < 1.29 is 48.1 Å². The number of carbonyl (C=O) groups excluding carboxylic acids is 7. The first kappa shape index (κ1) is 53.3. The van der Waals surface area contributed by atoms with Gasteiger partial charge in [0, 0.05) is 77.6 Å². The minimum Gasteiger partial charge on any atom is -0.388 e. The van der Waals surface area contributed by atoms with Crippen LogP contribution in [0.2, 0.25) is 0 Å². The lowest BCUT2D eigenvalue weighted by molar-refractivity contribution is -0.150. The molecular weight excluding hydrogens is 829 g/mol. The fourth-order valence-corrected chi connectivity index (χ4v) is 10.2. The second-order valence-corrected chi connectivity index (χ2v) is 19.7. The van der Waals surface area contributed by atoms with Gasteiger partial charge in [-0.1, -0.05) is 83.7 Å². The van der Waals surface area contributed by atoms with Crippen LogP contribution < -0.4 is 5.32 Å². The predicted molar refractivity (Wildman–Crippen MR) is 248 cm³/mol. The third kappa shape index (κ3) is 14.4. The zero-order valence-corrected chi connectivity index (χ0v) is 40.6. The number of likely N-dealkylation sites (N-methyl/N-ethyl adjacent to an activating group) is 1. The summed E-state index contributed by atoms with van der Waals surface area (Å²) in [7, 11) is 4.92. The van der Waals surface area contributed by atoms with Crippen LogP contribution in [-0.2, 0) is 43.0 Å². The van der Waals surface area contributed by atoms with Crippen LogP contribution in [0.25, 0.3) is 0 Å². The second-order valence-electron chi connectivity index (χ2n) is 19.7. The SMILES string of the molecule is CO[C@H]([C@@H](C)C(=O)C[C@H](C)[C@@H](O)c1ccccc1)[C@@H]1CCCN1C(=O)C[C@@H](OC)[C@H](C1CCCCC1)N(C)C(=O)[C@@H](CC(=O)C(C)(C)NC(=O)CCCCCN1C(=O)C=CC1=O)C(C)C. The number of ketones is 2. The number of nitrogens with zero attached hydrogens (tertiary/aromatic N) is 3. The normalized spacial score (nSPS) is 20.3. The van der Waals surface area contributed by atoms with E-state index in [1.165, 1.54) is 17.1 Å². The molecule has 0 spiro atoms. The van der Waals surface area contributed by atoms with Crippen LogP contribution in [0.15, 0.2) is 42.5 Å². The van der Waals surface area contributed by atoms with Crippen molar-refractivity contribution >= 4 is 41.1 Å². The van der Waals surface area contributed by atoms with Gasteiger partial charge in [0.05, 0.1) is 42.4 Å². The first-order valence-corrected chi connectivity index (χ1v) is 24.1. The molecule has 8 atom stereocenters. The Morgan fingerprint density at radius 2 is 1.49 bits per heavy atom. The zero-order chi connectivity index (χ0) is 48.0. The van der Waals surface area contributed by atoms with Crippen molar-refractivity contribution in [1.29, 1.82) is 0 Å². The zero-order valence-electron chi connectivity index (χ0n) is 40.6. The van der Waals surface area contributed by atoms with Crippen molar-refractivity contribution in [3.63, 3.8) is 0 Å². The van der Waals surface area contributed by atoms with Crippen LogP contribution in [-0.4, -0.2) is 125 Å². The topological polar surface area (TPSA) is 180 Å². The Morgan fingerprint density at radius 3 is 2.09 bits per heavy atom. The highest BCUT2D eigenvalue weighted by atomic mass is 16.5. The van der Waals surface area contributed by atoms with E-state index in [-0.39, 0.29) is 97.1 Å². The molecule has 65 heavy (non-hydrogen) atoms. The third-order valence-corrected chi connectivity index (χ3v) is 14.3. The summed E-state index contributed by atoms with van der Waals surface area (Å²) < 4.78 is 12.2.